The van der Waals surface area contributed by atoms with E-state index >= 15 is 0 Å². The van der Waals surface area contributed by atoms with E-state index in [2.05, 4.69) is 23.5 Å². The zero-order valence-corrected chi connectivity index (χ0v) is 9.25. The Balaban J connectivity index is 1.89. The van der Waals surface area contributed by atoms with E-state index in [4.69, 9.17) is 4.42 Å². The molecule has 2 nitrogen and oxygen atoms in total. The maximum atomic E-state index is 5.64. The van der Waals surface area contributed by atoms with Gasteiger partial charge in [-0.1, -0.05) is 12.1 Å². The summed E-state index contributed by atoms with van der Waals surface area (Å²) in [6, 6.07) is 6.55. The highest BCUT2D eigenvalue weighted by atomic mass is 16.3. The summed E-state index contributed by atoms with van der Waals surface area (Å²) in [5, 5.41) is 4.75. The van der Waals surface area contributed by atoms with Gasteiger partial charge in [-0.2, -0.15) is 0 Å². The first kappa shape index (κ1) is 8.82. The molecule has 2 aromatic rings. The Morgan fingerprint density at radius 1 is 1.19 bits per heavy atom. The molecule has 0 amide bonds. The summed E-state index contributed by atoms with van der Waals surface area (Å²) in [5.74, 6) is 0. The van der Waals surface area contributed by atoms with E-state index in [1.165, 1.54) is 48.9 Å². The van der Waals surface area contributed by atoms with Crippen LogP contribution in [0.25, 0.3) is 11.0 Å². The Labute approximate surface area is 94.6 Å². The summed E-state index contributed by atoms with van der Waals surface area (Å²) in [6.07, 6.45) is 5.54. The van der Waals surface area contributed by atoms with E-state index in [-0.39, 0.29) is 0 Å². The Bertz CT molecular complexity index is 549. The van der Waals surface area contributed by atoms with E-state index in [1.807, 2.05) is 6.26 Å². The smallest absolute Gasteiger partial charge is 0.137 e. The van der Waals surface area contributed by atoms with Crippen LogP contribution in [0, 0.1) is 5.41 Å². The fourth-order valence-corrected chi connectivity index (χ4v) is 3.43. The number of hydrogen-bond acceptors (Lipinski definition) is 2. The number of rotatable bonds is 0. The highest BCUT2D eigenvalue weighted by Gasteiger charge is 2.40. The highest BCUT2D eigenvalue weighted by molar-refractivity contribution is 5.82. The molecule has 2 heteroatoms. The van der Waals surface area contributed by atoms with Crippen LogP contribution in [0.3, 0.4) is 0 Å². The predicted molar refractivity (Wildman–Crippen MR) is 63.5 cm³/mol. The molecule has 1 saturated heterocycles. The van der Waals surface area contributed by atoms with E-state index in [9.17, 15) is 0 Å². The van der Waals surface area contributed by atoms with Gasteiger partial charge in [0.1, 0.15) is 5.58 Å². The lowest BCUT2D eigenvalue weighted by molar-refractivity contribution is 0.345. The van der Waals surface area contributed by atoms with E-state index in [0.717, 1.165) is 5.58 Å². The normalized spacial score (nSPS) is 28.0. The van der Waals surface area contributed by atoms with Gasteiger partial charge in [0, 0.05) is 11.9 Å². The zero-order valence-electron chi connectivity index (χ0n) is 9.25. The molecule has 1 aliphatic heterocycles. The average Bonchev–Trinajstić information content (AvgIpc) is 2.97. The van der Waals surface area contributed by atoms with Crippen LogP contribution in [0.15, 0.2) is 28.9 Å². The first-order chi connectivity index (χ1) is 7.86. The van der Waals surface area contributed by atoms with Crippen LogP contribution >= 0.6 is 0 Å². The average molecular weight is 213 g/mol. The van der Waals surface area contributed by atoms with Crippen LogP contribution in [0.5, 0.6) is 0 Å². The lowest BCUT2D eigenvalue weighted by Gasteiger charge is -2.20. The van der Waals surface area contributed by atoms with Crippen molar-refractivity contribution in [1.82, 2.24) is 5.32 Å². The number of nitrogens with one attached hydrogen (secondary N) is 1. The van der Waals surface area contributed by atoms with Crippen molar-refractivity contribution < 1.29 is 4.42 Å². The molecule has 0 saturated carbocycles. The van der Waals surface area contributed by atoms with Crippen LogP contribution in [-0.4, -0.2) is 13.1 Å². The summed E-state index contributed by atoms with van der Waals surface area (Å²) >= 11 is 0. The number of benzene rings is 1. The molecular weight excluding hydrogens is 198 g/mol. The minimum atomic E-state index is 0.489. The van der Waals surface area contributed by atoms with Gasteiger partial charge in [-0.25, -0.2) is 0 Å². The lowest BCUT2D eigenvalue weighted by Crippen LogP contribution is -2.24. The summed E-state index contributed by atoms with van der Waals surface area (Å²) in [7, 11) is 0. The van der Waals surface area contributed by atoms with Crippen molar-refractivity contribution in [3.05, 3.63) is 35.6 Å². The molecule has 1 atom stereocenters. The molecule has 0 bridgehead atoms. The molecule has 1 fully saturated rings. The standard InChI is InChI=1S/C14H15NO/c1-2-11-7-14(4-5-15-9-14)8-12(11)13-10(1)3-6-16-13/h1-3,6,15H,4-5,7-9H2. The Hall–Kier alpha value is -1.28. The zero-order chi connectivity index (χ0) is 10.6. The molecule has 1 aromatic carbocycles. The number of hydrogen-bond donors (Lipinski definition) is 1. The van der Waals surface area contributed by atoms with Crippen LogP contribution < -0.4 is 5.32 Å². The molecule has 82 valence electrons. The van der Waals surface area contributed by atoms with E-state index < -0.39 is 0 Å². The minimum Gasteiger partial charge on any atom is -0.464 e. The topological polar surface area (TPSA) is 25.2 Å². The molecule has 1 spiro atoms. The number of furan rings is 1. The van der Waals surface area contributed by atoms with Gasteiger partial charge in [0.15, 0.2) is 0 Å². The predicted octanol–water partition coefficient (Wildman–Crippen LogP) is 2.51. The van der Waals surface area contributed by atoms with Crippen LogP contribution in [0.1, 0.15) is 17.5 Å². The molecule has 4 rings (SSSR count). The summed E-state index contributed by atoms with van der Waals surface area (Å²) in [4.78, 5) is 0. The van der Waals surface area contributed by atoms with Gasteiger partial charge in [0.2, 0.25) is 0 Å². The van der Waals surface area contributed by atoms with Crippen LogP contribution in [-0.2, 0) is 12.8 Å². The molecule has 1 aliphatic carbocycles. The summed E-state index contributed by atoms with van der Waals surface area (Å²) in [6.45, 7) is 2.35. The second-order valence-electron chi connectivity index (χ2n) is 5.32. The van der Waals surface area contributed by atoms with E-state index in [1.54, 1.807) is 0 Å². The Morgan fingerprint density at radius 2 is 2.19 bits per heavy atom. The Kier molecular flexibility index (Phi) is 1.59. The third kappa shape index (κ3) is 1.05. The van der Waals surface area contributed by atoms with Crippen molar-refractivity contribution in [3.63, 3.8) is 0 Å². The maximum absolute atomic E-state index is 5.64. The second-order valence-corrected chi connectivity index (χ2v) is 5.32. The number of fused-ring (bicyclic) bond motifs is 3. The van der Waals surface area contributed by atoms with Gasteiger partial charge in [0.05, 0.1) is 6.26 Å². The molecule has 2 aliphatic rings. The van der Waals surface area contributed by atoms with Crippen molar-refractivity contribution in [2.75, 3.05) is 13.1 Å². The van der Waals surface area contributed by atoms with Gasteiger partial charge < -0.3 is 9.73 Å². The molecule has 2 heterocycles. The molecule has 1 aromatic heterocycles. The molecular formula is C14H15NO. The van der Waals surface area contributed by atoms with Gasteiger partial charge in [-0.05, 0) is 48.4 Å². The third-order valence-corrected chi connectivity index (χ3v) is 4.27. The Morgan fingerprint density at radius 3 is 3.06 bits per heavy atom. The first-order valence-corrected chi connectivity index (χ1v) is 6.05. The van der Waals surface area contributed by atoms with Crippen molar-refractivity contribution in [1.29, 1.82) is 0 Å². The quantitative estimate of drug-likeness (QED) is 0.727. The highest BCUT2D eigenvalue weighted by Crippen LogP contribution is 2.43. The van der Waals surface area contributed by atoms with Crippen molar-refractivity contribution >= 4 is 11.0 Å². The van der Waals surface area contributed by atoms with Crippen molar-refractivity contribution in [2.45, 2.75) is 19.3 Å². The first-order valence-electron chi connectivity index (χ1n) is 6.05. The van der Waals surface area contributed by atoms with Gasteiger partial charge in [0.25, 0.3) is 0 Å². The molecule has 1 N–H and O–H groups in total. The minimum absolute atomic E-state index is 0.489. The summed E-state index contributed by atoms with van der Waals surface area (Å²) < 4.78 is 5.64. The van der Waals surface area contributed by atoms with Gasteiger partial charge >= 0.3 is 0 Å². The maximum Gasteiger partial charge on any atom is 0.137 e. The third-order valence-electron chi connectivity index (χ3n) is 4.27. The van der Waals surface area contributed by atoms with Gasteiger partial charge in [-0.15, -0.1) is 0 Å². The second kappa shape index (κ2) is 2.89. The lowest BCUT2D eigenvalue weighted by atomic mass is 9.84. The largest absolute Gasteiger partial charge is 0.464 e. The van der Waals surface area contributed by atoms with Crippen molar-refractivity contribution in [2.24, 2.45) is 5.41 Å². The monoisotopic (exact) mass is 213 g/mol. The van der Waals surface area contributed by atoms with Crippen LogP contribution in [0.4, 0.5) is 0 Å². The molecule has 0 radical (unpaired) electrons. The molecule has 1 unspecified atom stereocenters. The van der Waals surface area contributed by atoms with Crippen LogP contribution in [0.2, 0.25) is 0 Å². The summed E-state index contributed by atoms with van der Waals surface area (Å²) in [5.41, 5.74) is 4.59. The van der Waals surface area contributed by atoms with E-state index in [0.29, 0.717) is 5.41 Å². The molecule has 16 heavy (non-hydrogen) atoms. The SMILES string of the molecule is c1cc2ccc3c(c2o1)CC1(CCNC1)C3. The fourth-order valence-electron chi connectivity index (χ4n) is 3.43. The fraction of sp³-hybridized carbons (Fsp3) is 0.429. The van der Waals surface area contributed by atoms with Gasteiger partial charge in [-0.3, -0.25) is 0 Å². The van der Waals surface area contributed by atoms with Crippen molar-refractivity contribution in [3.8, 4) is 0 Å².